The Morgan fingerprint density at radius 3 is 2.70 bits per heavy atom. The van der Waals surface area contributed by atoms with Crippen molar-refractivity contribution in [2.24, 2.45) is 0 Å². The minimum Gasteiger partial charge on any atom is -0.481 e. The third-order valence-electron chi connectivity index (χ3n) is 3.04. The lowest BCUT2D eigenvalue weighted by atomic mass is 10.1. The Morgan fingerprint density at radius 2 is 2.05 bits per heavy atom. The molecule has 20 heavy (non-hydrogen) atoms. The first-order valence-electron chi connectivity index (χ1n) is 6.18. The third kappa shape index (κ3) is 2.93. The molecule has 4 nitrogen and oxygen atoms in total. The van der Waals surface area contributed by atoms with Crippen LogP contribution >= 0.6 is 0 Å². The number of halogens is 1. The number of nitrogens with zero attached hydrogens (tertiary/aromatic N) is 1. The molecule has 0 spiro atoms. The van der Waals surface area contributed by atoms with Gasteiger partial charge >= 0.3 is 5.97 Å². The number of para-hydroxylation sites is 1. The normalized spacial score (nSPS) is 10.5. The van der Waals surface area contributed by atoms with Gasteiger partial charge < -0.3 is 9.67 Å². The van der Waals surface area contributed by atoms with Gasteiger partial charge in [0.1, 0.15) is 5.82 Å². The van der Waals surface area contributed by atoms with Gasteiger partial charge in [0.15, 0.2) is 5.43 Å². The number of benzene rings is 1. The highest BCUT2D eigenvalue weighted by Crippen LogP contribution is 2.15. The molecule has 2 rings (SSSR count). The minimum absolute atomic E-state index is 0.128. The van der Waals surface area contributed by atoms with Gasteiger partial charge in [-0.2, -0.15) is 0 Å². The second kappa shape index (κ2) is 5.69. The molecule has 1 heterocycles. The third-order valence-corrected chi connectivity index (χ3v) is 3.04. The zero-order valence-corrected chi connectivity index (χ0v) is 11.0. The molecule has 5 heteroatoms. The molecular formula is C15H14FNO3. The molecule has 2 aromatic rings. The van der Waals surface area contributed by atoms with Crippen LogP contribution in [-0.4, -0.2) is 15.6 Å². The van der Waals surface area contributed by atoms with E-state index in [1.807, 2.05) is 0 Å². The molecular weight excluding hydrogens is 261 g/mol. The van der Waals surface area contributed by atoms with Crippen molar-refractivity contribution < 1.29 is 14.3 Å². The molecule has 0 bridgehead atoms. The van der Waals surface area contributed by atoms with E-state index in [2.05, 4.69) is 0 Å². The number of aromatic nitrogens is 1. The molecule has 1 aromatic carbocycles. The Bertz CT molecular complexity index is 707. The van der Waals surface area contributed by atoms with E-state index in [0.29, 0.717) is 16.9 Å². The molecule has 0 saturated carbocycles. The maximum atomic E-state index is 13.8. The molecule has 104 valence electrons. The van der Waals surface area contributed by atoms with Crippen molar-refractivity contribution in [3.05, 3.63) is 63.8 Å². The first-order valence-corrected chi connectivity index (χ1v) is 6.18. The lowest BCUT2D eigenvalue weighted by Crippen LogP contribution is -2.15. The standard InChI is InChI=1S/C15H14FNO3/c1-10-8-14(18)11(6-7-15(19)20)9-17(10)13-5-3-2-4-12(13)16/h2-5,8-9H,6-7H2,1H3,(H,19,20). The second-order valence-electron chi connectivity index (χ2n) is 4.52. The summed E-state index contributed by atoms with van der Waals surface area (Å²) in [6.07, 6.45) is 1.51. The number of aliphatic carboxylic acids is 1. The highest BCUT2D eigenvalue weighted by molar-refractivity contribution is 5.67. The van der Waals surface area contributed by atoms with Crippen molar-refractivity contribution in [2.45, 2.75) is 19.8 Å². The number of rotatable bonds is 4. The SMILES string of the molecule is Cc1cc(=O)c(CCC(=O)O)cn1-c1ccccc1F. The predicted octanol–water partition coefficient (Wildman–Crippen LogP) is 2.30. The molecule has 0 atom stereocenters. The average molecular weight is 275 g/mol. The summed E-state index contributed by atoms with van der Waals surface area (Å²) in [7, 11) is 0. The molecule has 0 aliphatic carbocycles. The van der Waals surface area contributed by atoms with Crippen LogP contribution in [0.15, 0.2) is 41.3 Å². The van der Waals surface area contributed by atoms with Crippen molar-refractivity contribution in [2.75, 3.05) is 0 Å². The first kappa shape index (κ1) is 14.0. The largest absolute Gasteiger partial charge is 0.481 e. The molecule has 0 unspecified atom stereocenters. The smallest absolute Gasteiger partial charge is 0.303 e. The van der Waals surface area contributed by atoms with Crippen molar-refractivity contribution in [1.29, 1.82) is 0 Å². The lowest BCUT2D eigenvalue weighted by molar-refractivity contribution is -0.136. The number of pyridine rings is 1. The molecule has 1 aromatic heterocycles. The van der Waals surface area contributed by atoms with Crippen LogP contribution < -0.4 is 5.43 Å². The number of hydrogen-bond donors (Lipinski definition) is 1. The fourth-order valence-corrected chi connectivity index (χ4v) is 2.01. The maximum Gasteiger partial charge on any atom is 0.303 e. The first-order chi connectivity index (χ1) is 9.49. The van der Waals surface area contributed by atoms with E-state index in [-0.39, 0.29) is 18.3 Å². The van der Waals surface area contributed by atoms with Gasteiger partial charge in [0.05, 0.1) is 5.69 Å². The van der Waals surface area contributed by atoms with E-state index in [9.17, 15) is 14.0 Å². The van der Waals surface area contributed by atoms with Gasteiger partial charge in [-0.15, -0.1) is 0 Å². The summed E-state index contributed by atoms with van der Waals surface area (Å²) in [4.78, 5) is 22.4. The van der Waals surface area contributed by atoms with Crippen molar-refractivity contribution in [3.8, 4) is 5.69 Å². The van der Waals surface area contributed by atoms with E-state index in [1.165, 1.54) is 18.3 Å². The summed E-state index contributed by atoms with van der Waals surface area (Å²) in [5.41, 5.74) is 1.07. The Labute approximate surface area is 115 Å². The van der Waals surface area contributed by atoms with E-state index >= 15 is 0 Å². The molecule has 0 aliphatic rings. The van der Waals surface area contributed by atoms with Gasteiger partial charge in [-0.05, 0) is 25.5 Å². The number of carboxylic acid groups (broad SMARTS) is 1. The van der Waals surface area contributed by atoms with Gasteiger partial charge in [0.2, 0.25) is 0 Å². The summed E-state index contributed by atoms with van der Waals surface area (Å²) in [6, 6.07) is 7.62. The molecule has 0 aliphatic heterocycles. The quantitative estimate of drug-likeness (QED) is 0.931. The number of carboxylic acids is 1. The number of aryl methyl sites for hydroxylation is 2. The van der Waals surface area contributed by atoms with Gasteiger partial charge in [-0.3, -0.25) is 9.59 Å². The van der Waals surface area contributed by atoms with Crippen LogP contribution in [0.25, 0.3) is 5.69 Å². The monoisotopic (exact) mass is 275 g/mol. The van der Waals surface area contributed by atoms with Gasteiger partial charge in [-0.25, -0.2) is 4.39 Å². The topological polar surface area (TPSA) is 59.3 Å². The zero-order valence-electron chi connectivity index (χ0n) is 11.0. The molecule has 0 radical (unpaired) electrons. The Balaban J connectivity index is 2.49. The van der Waals surface area contributed by atoms with Crippen LogP contribution in [0.4, 0.5) is 4.39 Å². The van der Waals surface area contributed by atoms with E-state index in [1.54, 1.807) is 29.7 Å². The van der Waals surface area contributed by atoms with Crippen molar-refractivity contribution in [3.63, 3.8) is 0 Å². The van der Waals surface area contributed by atoms with Crippen LogP contribution in [0.2, 0.25) is 0 Å². The maximum absolute atomic E-state index is 13.8. The van der Waals surface area contributed by atoms with Crippen LogP contribution in [0.1, 0.15) is 17.7 Å². The van der Waals surface area contributed by atoms with Crippen LogP contribution in [0, 0.1) is 12.7 Å². The average Bonchev–Trinajstić information content (AvgIpc) is 2.39. The van der Waals surface area contributed by atoms with Crippen LogP contribution in [0.5, 0.6) is 0 Å². The lowest BCUT2D eigenvalue weighted by Gasteiger charge is -2.13. The predicted molar refractivity (Wildman–Crippen MR) is 72.7 cm³/mol. The number of hydrogen-bond acceptors (Lipinski definition) is 2. The van der Waals surface area contributed by atoms with Crippen LogP contribution in [0.3, 0.4) is 0 Å². The molecule has 0 amide bonds. The summed E-state index contributed by atoms with van der Waals surface area (Å²) in [6.45, 7) is 1.70. The van der Waals surface area contributed by atoms with Gasteiger partial charge in [0.25, 0.3) is 0 Å². The molecule has 0 saturated heterocycles. The van der Waals surface area contributed by atoms with Crippen molar-refractivity contribution >= 4 is 5.97 Å². The summed E-state index contributed by atoms with van der Waals surface area (Å²) >= 11 is 0. The summed E-state index contributed by atoms with van der Waals surface area (Å²) < 4.78 is 15.4. The highest BCUT2D eigenvalue weighted by Gasteiger charge is 2.10. The number of carbonyl (C=O) groups is 1. The Hall–Kier alpha value is -2.43. The van der Waals surface area contributed by atoms with E-state index in [4.69, 9.17) is 5.11 Å². The van der Waals surface area contributed by atoms with E-state index in [0.717, 1.165) is 0 Å². The minimum atomic E-state index is -0.970. The van der Waals surface area contributed by atoms with Gasteiger partial charge in [0, 0.05) is 29.9 Å². The summed E-state index contributed by atoms with van der Waals surface area (Å²) in [5.74, 6) is -1.37. The fraction of sp³-hybridized carbons (Fsp3) is 0.200. The second-order valence-corrected chi connectivity index (χ2v) is 4.52. The van der Waals surface area contributed by atoms with E-state index < -0.39 is 11.8 Å². The van der Waals surface area contributed by atoms with Crippen LogP contribution in [-0.2, 0) is 11.2 Å². The Morgan fingerprint density at radius 1 is 1.35 bits per heavy atom. The molecule has 0 fully saturated rings. The highest BCUT2D eigenvalue weighted by atomic mass is 19.1. The summed E-state index contributed by atoms with van der Waals surface area (Å²) in [5, 5.41) is 8.68. The molecule has 1 N–H and O–H groups in total. The van der Waals surface area contributed by atoms with Crippen molar-refractivity contribution in [1.82, 2.24) is 4.57 Å². The fourth-order valence-electron chi connectivity index (χ4n) is 2.01. The van der Waals surface area contributed by atoms with Gasteiger partial charge in [-0.1, -0.05) is 12.1 Å². The Kier molecular flexibility index (Phi) is 3.98. The zero-order chi connectivity index (χ0) is 14.7.